The summed E-state index contributed by atoms with van der Waals surface area (Å²) in [7, 11) is 0. The molecular formula is C39H38N4O5. The summed E-state index contributed by atoms with van der Waals surface area (Å²) in [4.78, 5) is 32.4. The predicted octanol–water partition coefficient (Wildman–Crippen LogP) is 8.08. The van der Waals surface area contributed by atoms with Gasteiger partial charge in [0.2, 0.25) is 5.89 Å². The van der Waals surface area contributed by atoms with Crippen molar-refractivity contribution in [3.63, 3.8) is 0 Å². The summed E-state index contributed by atoms with van der Waals surface area (Å²) in [6.07, 6.45) is -0.412. The minimum Gasteiger partial charge on any atom is -0.490 e. The number of fused-ring (bicyclic) bond motifs is 1. The number of benzene rings is 4. The van der Waals surface area contributed by atoms with Crippen LogP contribution >= 0.6 is 0 Å². The summed E-state index contributed by atoms with van der Waals surface area (Å²) in [5, 5.41) is 12.4. The fraction of sp³-hybridized carbons (Fsp3) is 0.282. The lowest BCUT2D eigenvalue weighted by Crippen LogP contribution is -2.43. The van der Waals surface area contributed by atoms with Crippen molar-refractivity contribution >= 4 is 23.1 Å². The van der Waals surface area contributed by atoms with Gasteiger partial charge in [0, 0.05) is 28.8 Å². The lowest BCUT2D eigenvalue weighted by molar-refractivity contribution is 0.0651. The van der Waals surface area contributed by atoms with Gasteiger partial charge < -0.3 is 19.2 Å². The molecule has 2 heterocycles. The Labute approximate surface area is 280 Å². The number of rotatable bonds is 10. The SMILES string of the molecule is CC(C)Oc1ccccc1-c1ccccc1CN1CC(C)(CNC(=O)c2ccc(-c3nc4cc(C#N)cc(C(C)C)c4o3)cc2)OC1=O. The van der Waals surface area contributed by atoms with Crippen molar-refractivity contribution in [3.8, 4) is 34.4 Å². The molecule has 0 aliphatic carbocycles. The average molecular weight is 643 g/mol. The van der Waals surface area contributed by atoms with E-state index in [4.69, 9.17) is 13.9 Å². The van der Waals surface area contributed by atoms with E-state index in [1.807, 2.05) is 89.2 Å². The highest BCUT2D eigenvalue weighted by molar-refractivity contribution is 5.94. The molecule has 1 aliphatic heterocycles. The summed E-state index contributed by atoms with van der Waals surface area (Å²) in [6, 6.07) is 28.6. The Balaban J connectivity index is 1.11. The van der Waals surface area contributed by atoms with E-state index in [2.05, 4.69) is 16.4 Å². The smallest absolute Gasteiger partial charge is 0.410 e. The number of carbonyl (C=O) groups is 2. The number of amides is 2. The number of nitriles is 1. The first-order chi connectivity index (χ1) is 23.0. The second-order valence-corrected chi connectivity index (χ2v) is 13.0. The van der Waals surface area contributed by atoms with Crippen molar-refractivity contribution in [1.29, 1.82) is 5.26 Å². The maximum absolute atomic E-state index is 13.1. The topological polar surface area (TPSA) is 118 Å². The normalized spacial score (nSPS) is 16.0. The monoisotopic (exact) mass is 642 g/mol. The van der Waals surface area contributed by atoms with E-state index in [9.17, 15) is 14.9 Å². The fourth-order valence-corrected chi connectivity index (χ4v) is 5.97. The first-order valence-corrected chi connectivity index (χ1v) is 16.1. The van der Waals surface area contributed by atoms with E-state index in [1.54, 1.807) is 35.2 Å². The first kappa shape index (κ1) is 32.3. The lowest BCUT2D eigenvalue weighted by Gasteiger charge is -2.23. The minimum absolute atomic E-state index is 0.0204. The van der Waals surface area contributed by atoms with Gasteiger partial charge in [-0.2, -0.15) is 5.26 Å². The standard InChI is InChI=1S/C39H38N4O5/c1-24(2)32-18-26(20-40)19-33-35(32)47-37(42-33)28-16-14-27(15-17-28)36(44)41-22-39(5)23-43(38(45)48-39)21-29-10-6-7-11-30(29)31-12-8-9-13-34(31)46-25(3)4/h6-19,24-25H,21-23H2,1-5H3,(H,41,44). The third-order valence-corrected chi connectivity index (χ3v) is 8.32. The summed E-state index contributed by atoms with van der Waals surface area (Å²) in [5.74, 6) is 1.07. The quantitative estimate of drug-likeness (QED) is 0.164. The van der Waals surface area contributed by atoms with E-state index >= 15 is 0 Å². The van der Waals surface area contributed by atoms with E-state index in [0.717, 1.165) is 28.0 Å². The van der Waals surface area contributed by atoms with Crippen LogP contribution in [0.3, 0.4) is 0 Å². The third-order valence-electron chi connectivity index (χ3n) is 8.32. The second kappa shape index (κ2) is 13.2. The molecule has 9 nitrogen and oxygen atoms in total. The van der Waals surface area contributed by atoms with Crippen LogP contribution in [0.1, 0.15) is 67.6 Å². The van der Waals surface area contributed by atoms with Crippen molar-refractivity contribution < 1.29 is 23.5 Å². The number of carbonyl (C=O) groups excluding carboxylic acids is 2. The Kier molecular flexibility index (Phi) is 8.92. The Morgan fingerprint density at radius 2 is 1.73 bits per heavy atom. The molecule has 1 N–H and O–H groups in total. The minimum atomic E-state index is -0.908. The average Bonchev–Trinajstić information content (AvgIpc) is 3.63. The zero-order chi connectivity index (χ0) is 34.0. The van der Waals surface area contributed by atoms with Crippen molar-refractivity contribution in [1.82, 2.24) is 15.2 Å². The summed E-state index contributed by atoms with van der Waals surface area (Å²) in [6.45, 7) is 10.7. The number of ether oxygens (including phenoxy) is 2. The molecule has 0 spiro atoms. The Morgan fingerprint density at radius 3 is 2.44 bits per heavy atom. The molecule has 1 saturated heterocycles. The molecule has 1 unspecified atom stereocenters. The summed E-state index contributed by atoms with van der Waals surface area (Å²) < 4.78 is 18.0. The van der Waals surface area contributed by atoms with E-state index in [1.165, 1.54) is 0 Å². The number of hydrogen-bond donors (Lipinski definition) is 1. The Morgan fingerprint density at radius 1 is 1.02 bits per heavy atom. The Hall–Kier alpha value is -5.62. The fourth-order valence-electron chi connectivity index (χ4n) is 5.97. The molecule has 0 bridgehead atoms. The highest BCUT2D eigenvalue weighted by Gasteiger charge is 2.41. The van der Waals surface area contributed by atoms with Gasteiger partial charge in [-0.25, -0.2) is 9.78 Å². The first-order valence-electron chi connectivity index (χ1n) is 16.1. The van der Waals surface area contributed by atoms with Crippen LogP contribution in [0.5, 0.6) is 5.75 Å². The number of nitrogens with zero attached hydrogens (tertiary/aromatic N) is 3. The largest absolute Gasteiger partial charge is 0.490 e. The highest BCUT2D eigenvalue weighted by atomic mass is 16.6. The van der Waals surface area contributed by atoms with E-state index in [0.29, 0.717) is 46.8 Å². The molecule has 244 valence electrons. The van der Waals surface area contributed by atoms with Gasteiger partial charge in [0.15, 0.2) is 5.58 Å². The third kappa shape index (κ3) is 6.74. The number of para-hydroxylation sites is 1. The van der Waals surface area contributed by atoms with E-state index < -0.39 is 11.7 Å². The van der Waals surface area contributed by atoms with Gasteiger partial charge in [-0.1, -0.05) is 56.3 Å². The van der Waals surface area contributed by atoms with Gasteiger partial charge in [0.25, 0.3) is 5.91 Å². The van der Waals surface area contributed by atoms with E-state index in [-0.39, 0.29) is 24.5 Å². The molecule has 48 heavy (non-hydrogen) atoms. The molecule has 1 aliphatic rings. The number of cyclic esters (lactones) is 1. The van der Waals surface area contributed by atoms with Crippen LogP contribution in [0.2, 0.25) is 0 Å². The van der Waals surface area contributed by atoms with Gasteiger partial charge >= 0.3 is 6.09 Å². The molecule has 5 aromatic rings. The Bertz CT molecular complexity index is 2020. The number of aromatic nitrogens is 1. The summed E-state index contributed by atoms with van der Waals surface area (Å²) in [5.41, 5.74) is 5.89. The molecule has 6 rings (SSSR count). The van der Waals surface area contributed by atoms with Crippen LogP contribution < -0.4 is 10.1 Å². The summed E-state index contributed by atoms with van der Waals surface area (Å²) >= 11 is 0. The lowest BCUT2D eigenvalue weighted by atomic mass is 9.98. The van der Waals surface area contributed by atoms with Crippen molar-refractivity contribution in [2.75, 3.05) is 13.1 Å². The van der Waals surface area contributed by atoms with Gasteiger partial charge in [-0.15, -0.1) is 0 Å². The molecule has 0 radical (unpaired) electrons. The highest BCUT2D eigenvalue weighted by Crippen LogP contribution is 2.35. The number of hydrogen-bond acceptors (Lipinski definition) is 7. The molecule has 1 aromatic heterocycles. The van der Waals surface area contributed by atoms with Crippen LogP contribution in [-0.4, -0.2) is 46.7 Å². The van der Waals surface area contributed by atoms with Gasteiger partial charge in [0.05, 0.1) is 30.8 Å². The molecule has 2 amide bonds. The van der Waals surface area contributed by atoms with Crippen LogP contribution in [0.25, 0.3) is 33.7 Å². The molecule has 1 fully saturated rings. The van der Waals surface area contributed by atoms with Crippen LogP contribution in [0, 0.1) is 11.3 Å². The van der Waals surface area contributed by atoms with Crippen molar-refractivity contribution in [3.05, 3.63) is 107 Å². The maximum atomic E-state index is 13.1. The van der Waals surface area contributed by atoms with Crippen LogP contribution in [0.4, 0.5) is 4.79 Å². The molecule has 9 heteroatoms. The maximum Gasteiger partial charge on any atom is 0.410 e. The van der Waals surface area contributed by atoms with Gasteiger partial charge in [-0.05, 0) is 80.3 Å². The zero-order valence-corrected chi connectivity index (χ0v) is 27.7. The van der Waals surface area contributed by atoms with Crippen LogP contribution in [-0.2, 0) is 11.3 Å². The van der Waals surface area contributed by atoms with Gasteiger partial charge in [-0.3, -0.25) is 9.69 Å². The van der Waals surface area contributed by atoms with Gasteiger partial charge in [0.1, 0.15) is 16.9 Å². The molecule has 4 aromatic carbocycles. The zero-order valence-electron chi connectivity index (χ0n) is 27.7. The molecular weight excluding hydrogens is 604 g/mol. The second-order valence-electron chi connectivity index (χ2n) is 13.0. The molecule has 1 atom stereocenters. The number of nitrogens with one attached hydrogen (secondary N) is 1. The van der Waals surface area contributed by atoms with Crippen LogP contribution in [0.15, 0.2) is 89.3 Å². The van der Waals surface area contributed by atoms with Crippen molar-refractivity contribution in [2.24, 2.45) is 0 Å². The van der Waals surface area contributed by atoms with Crippen molar-refractivity contribution in [2.45, 2.75) is 58.8 Å². The predicted molar refractivity (Wildman–Crippen MR) is 184 cm³/mol. The molecule has 0 saturated carbocycles. The number of oxazole rings is 1.